The molecule has 0 saturated carbocycles. The van der Waals surface area contributed by atoms with Crippen molar-refractivity contribution in [1.82, 2.24) is 0 Å². The number of hydrogen-bond donors (Lipinski definition) is 1. The summed E-state index contributed by atoms with van der Waals surface area (Å²) in [4.78, 5) is 0. The van der Waals surface area contributed by atoms with Crippen molar-refractivity contribution < 1.29 is 9.84 Å². The predicted octanol–water partition coefficient (Wildman–Crippen LogP) is 3.47. The van der Waals surface area contributed by atoms with E-state index in [2.05, 4.69) is 22.9 Å². The van der Waals surface area contributed by atoms with Crippen LogP contribution in [0.15, 0.2) is 51.6 Å². The summed E-state index contributed by atoms with van der Waals surface area (Å²) in [5.74, 6) is 0.731. The van der Waals surface area contributed by atoms with Gasteiger partial charge in [-0.2, -0.15) is 22.7 Å². The number of aliphatic hydroxyl groups excluding tert-OH is 1. The van der Waals surface area contributed by atoms with E-state index in [4.69, 9.17) is 4.74 Å². The molecule has 2 aromatic heterocycles. The van der Waals surface area contributed by atoms with Gasteiger partial charge in [0, 0.05) is 5.57 Å². The summed E-state index contributed by atoms with van der Waals surface area (Å²) in [5.41, 5.74) is 3.30. The summed E-state index contributed by atoms with van der Waals surface area (Å²) in [5, 5.41) is 17.7. The van der Waals surface area contributed by atoms with E-state index in [1.807, 2.05) is 16.8 Å². The van der Waals surface area contributed by atoms with Gasteiger partial charge in [0.2, 0.25) is 6.29 Å². The maximum Gasteiger partial charge on any atom is 0.217 e. The number of allylic oxidation sites excluding steroid dienone is 1. The van der Waals surface area contributed by atoms with Gasteiger partial charge in [-0.15, -0.1) is 0 Å². The molecule has 1 aliphatic heterocycles. The Morgan fingerprint density at radius 1 is 1.12 bits per heavy atom. The summed E-state index contributed by atoms with van der Waals surface area (Å²) in [6.45, 7) is 0. The zero-order valence-corrected chi connectivity index (χ0v) is 10.5. The fourth-order valence-electron chi connectivity index (χ4n) is 1.79. The van der Waals surface area contributed by atoms with Crippen molar-refractivity contribution >= 4 is 28.2 Å². The standard InChI is InChI=1S/C13H10O2S2/c14-12-2-1-11(15-12)13(9-3-5-16-7-9)10-4-6-17-8-10/h1-8,12,14H. The van der Waals surface area contributed by atoms with Gasteiger partial charge in [0.15, 0.2) is 0 Å². The van der Waals surface area contributed by atoms with Crippen LogP contribution in [0.25, 0.3) is 5.57 Å². The van der Waals surface area contributed by atoms with Crippen molar-refractivity contribution in [3.63, 3.8) is 0 Å². The zero-order valence-electron chi connectivity index (χ0n) is 8.87. The van der Waals surface area contributed by atoms with Gasteiger partial charge in [0.25, 0.3) is 0 Å². The summed E-state index contributed by atoms with van der Waals surface area (Å²) in [7, 11) is 0. The Morgan fingerprint density at radius 3 is 2.18 bits per heavy atom. The van der Waals surface area contributed by atoms with Crippen LogP contribution in [0, 0.1) is 0 Å². The highest BCUT2D eigenvalue weighted by Crippen LogP contribution is 2.33. The minimum Gasteiger partial charge on any atom is -0.461 e. The van der Waals surface area contributed by atoms with Gasteiger partial charge >= 0.3 is 0 Å². The number of ether oxygens (including phenoxy) is 1. The quantitative estimate of drug-likeness (QED) is 0.898. The molecule has 86 valence electrons. The second-order valence-corrected chi connectivity index (χ2v) is 5.19. The second-order valence-electron chi connectivity index (χ2n) is 3.63. The van der Waals surface area contributed by atoms with Crippen molar-refractivity contribution in [2.75, 3.05) is 0 Å². The highest BCUT2D eigenvalue weighted by atomic mass is 32.1. The minimum atomic E-state index is -0.822. The average molecular weight is 262 g/mol. The topological polar surface area (TPSA) is 29.5 Å². The third-order valence-electron chi connectivity index (χ3n) is 2.53. The van der Waals surface area contributed by atoms with Crippen LogP contribution in [-0.4, -0.2) is 11.4 Å². The third-order valence-corrected chi connectivity index (χ3v) is 3.89. The van der Waals surface area contributed by atoms with Gasteiger partial charge in [0.05, 0.1) is 0 Å². The average Bonchev–Trinajstić information content (AvgIpc) is 3.02. The van der Waals surface area contributed by atoms with Crippen LogP contribution in [0.3, 0.4) is 0 Å². The molecule has 2 nitrogen and oxygen atoms in total. The van der Waals surface area contributed by atoms with Crippen molar-refractivity contribution in [2.45, 2.75) is 6.29 Å². The van der Waals surface area contributed by atoms with Crippen LogP contribution < -0.4 is 0 Å². The Morgan fingerprint density at radius 2 is 1.76 bits per heavy atom. The Balaban J connectivity index is 2.13. The van der Waals surface area contributed by atoms with Gasteiger partial charge in [-0.05, 0) is 56.9 Å². The molecule has 0 amide bonds. The minimum absolute atomic E-state index is 0.731. The fraction of sp³-hybridized carbons (Fsp3) is 0.0769. The maximum absolute atomic E-state index is 9.41. The molecule has 0 bridgehead atoms. The van der Waals surface area contributed by atoms with Crippen molar-refractivity contribution in [1.29, 1.82) is 0 Å². The largest absolute Gasteiger partial charge is 0.461 e. The smallest absolute Gasteiger partial charge is 0.217 e. The molecule has 0 saturated heterocycles. The van der Waals surface area contributed by atoms with Gasteiger partial charge in [0.1, 0.15) is 5.76 Å². The first-order valence-electron chi connectivity index (χ1n) is 5.17. The molecule has 3 heterocycles. The van der Waals surface area contributed by atoms with Gasteiger partial charge in [-0.1, -0.05) is 0 Å². The lowest BCUT2D eigenvalue weighted by molar-refractivity contribution is -0.00947. The van der Waals surface area contributed by atoms with Crippen LogP contribution in [0.2, 0.25) is 0 Å². The number of rotatable bonds is 2. The molecule has 0 spiro atoms. The van der Waals surface area contributed by atoms with Crippen molar-refractivity contribution in [3.8, 4) is 0 Å². The molecule has 0 fully saturated rings. The normalized spacial score (nSPS) is 18.4. The summed E-state index contributed by atoms with van der Waals surface area (Å²) in [6, 6.07) is 4.12. The SMILES string of the molecule is OC1C=CC(=C(c2ccsc2)c2ccsc2)O1. The second kappa shape index (κ2) is 4.49. The molecule has 0 aliphatic carbocycles. The first-order valence-corrected chi connectivity index (χ1v) is 7.05. The van der Waals surface area contributed by atoms with Crippen LogP contribution in [0.4, 0.5) is 0 Å². The molecule has 3 rings (SSSR count). The van der Waals surface area contributed by atoms with Gasteiger partial charge in [-0.3, -0.25) is 0 Å². The number of hydrogen-bond acceptors (Lipinski definition) is 4. The molecule has 0 aromatic carbocycles. The van der Waals surface area contributed by atoms with Gasteiger partial charge in [-0.25, -0.2) is 0 Å². The molecule has 1 aliphatic rings. The summed E-state index contributed by atoms with van der Waals surface area (Å²) < 4.78 is 5.40. The van der Waals surface area contributed by atoms with Crippen LogP contribution >= 0.6 is 22.7 Å². The van der Waals surface area contributed by atoms with E-state index in [-0.39, 0.29) is 0 Å². The molecule has 1 N–H and O–H groups in total. The summed E-state index contributed by atoms with van der Waals surface area (Å²) >= 11 is 3.30. The first-order chi connectivity index (χ1) is 8.34. The van der Waals surface area contributed by atoms with Crippen LogP contribution in [0.5, 0.6) is 0 Å². The van der Waals surface area contributed by atoms with E-state index in [1.54, 1.807) is 28.7 Å². The van der Waals surface area contributed by atoms with Crippen LogP contribution in [-0.2, 0) is 4.74 Å². The Hall–Kier alpha value is -1.36. The monoisotopic (exact) mass is 262 g/mol. The van der Waals surface area contributed by atoms with Crippen LogP contribution in [0.1, 0.15) is 11.1 Å². The highest BCUT2D eigenvalue weighted by molar-refractivity contribution is 7.08. The summed E-state index contributed by atoms with van der Waals surface area (Å²) in [6.07, 6.45) is 2.65. The Kier molecular flexibility index (Phi) is 2.84. The van der Waals surface area contributed by atoms with E-state index in [9.17, 15) is 5.11 Å². The van der Waals surface area contributed by atoms with E-state index < -0.39 is 6.29 Å². The predicted molar refractivity (Wildman–Crippen MR) is 70.9 cm³/mol. The van der Waals surface area contributed by atoms with E-state index >= 15 is 0 Å². The Labute approximate surface area is 107 Å². The number of thiophene rings is 2. The van der Waals surface area contributed by atoms with Crippen molar-refractivity contribution in [2.24, 2.45) is 0 Å². The zero-order chi connectivity index (χ0) is 11.7. The molecule has 2 aromatic rings. The molecule has 17 heavy (non-hydrogen) atoms. The lowest BCUT2D eigenvalue weighted by Gasteiger charge is -2.09. The third kappa shape index (κ3) is 2.07. The van der Waals surface area contributed by atoms with E-state index in [0.29, 0.717) is 0 Å². The molecule has 1 atom stereocenters. The molecule has 4 heteroatoms. The lowest BCUT2D eigenvalue weighted by Crippen LogP contribution is -2.01. The molecular weight excluding hydrogens is 252 g/mol. The maximum atomic E-state index is 9.41. The fourth-order valence-corrected chi connectivity index (χ4v) is 3.08. The first kappa shape index (κ1) is 10.8. The molecule has 0 radical (unpaired) electrons. The van der Waals surface area contributed by atoms with Crippen molar-refractivity contribution in [3.05, 3.63) is 62.7 Å². The van der Waals surface area contributed by atoms with E-state index in [0.717, 1.165) is 22.5 Å². The molecule has 1 unspecified atom stereocenters. The van der Waals surface area contributed by atoms with Gasteiger partial charge < -0.3 is 9.84 Å². The Bertz CT molecular complexity index is 514. The number of aliphatic hydroxyl groups is 1. The lowest BCUT2D eigenvalue weighted by atomic mass is 10.0. The highest BCUT2D eigenvalue weighted by Gasteiger charge is 2.18. The van der Waals surface area contributed by atoms with E-state index in [1.165, 1.54) is 0 Å². The molecular formula is C13H10O2S2.